The minimum absolute atomic E-state index is 0.199. The van der Waals surface area contributed by atoms with E-state index < -0.39 is 24.1 Å². The highest BCUT2D eigenvalue weighted by molar-refractivity contribution is 5.93. The van der Waals surface area contributed by atoms with Crippen LogP contribution in [0.4, 0.5) is 0 Å². The van der Waals surface area contributed by atoms with Gasteiger partial charge in [0.1, 0.15) is 0 Å². The summed E-state index contributed by atoms with van der Waals surface area (Å²) in [6, 6.07) is 0. The molecule has 0 aromatic rings. The van der Waals surface area contributed by atoms with E-state index in [-0.39, 0.29) is 5.92 Å². The molecule has 1 rings (SSSR count). The van der Waals surface area contributed by atoms with E-state index in [0.717, 1.165) is 32.1 Å². The van der Waals surface area contributed by atoms with Crippen LogP contribution in [0.2, 0.25) is 0 Å². The number of rotatable bonds is 7. The Kier molecular flexibility index (Phi) is 6.84. The highest BCUT2D eigenvalue weighted by Gasteiger charge is 2.31. The molecule has 5 nitrogen and oxygen atoms in total. The predicted octanol–water partition coefficient (Wildman–Crippen LogP) is 2.58. The summed E-state index contributed by atoms with van der Waals surface area (Å²) < 4.78 is 10.9. The molecule has 19 heavy (non-hydrogen) atoms. The number of carboxylic acids is 1. The van der Waals surface area contributed by atoms with Crippen molar-refractivity contribution >= 4 is 11.9 Å². The number of hydrogen-bond acceptors (Lipinski definition) is 4. The Balaban J connectivity index is 2.57. The Bertz CT molecular complexity index is 296. The number of carbonyl (C=O) groups excluding carboxylic acids is 1. The van der Waals surface area contributed by atoms with Crippen LogP contribution in [-0.4, -0.2) is 29.9 Å². The van der Waals surface area contributed by atoms with Gasteiger partial charge in [0.05, 0.1) is 6.61 Å². The van der Waals surface area contributed by atoms with Crippen LogP contribution in [-0.2, 0) is 19.1 Å². The lowest BCUT2D eigenvalue weighted by molar-refractivity contribution is -0.199. The zero-order valence-corrected chi connectivity index (χ0v) is 11.8. The van der Waals surface area contributed by atoms with Gasteiger partial charge in [-0.15, -0.1) is 0 Å². The van der Waals surface area contributed by atoms with Crippen LogP contribution in [0.1, 0.15) is 52.4 Å². The summed E-state index contributed by atoms with van der Waals surface area (Å²) in [6.45, 7) is 3.85. The molecule has 2 atom stereocenters. The minimum Gasteiger partial charge on any atom is -0.481 e. The van der Waals surface area contributed by atoms with Crippen LogP contribution in [0.15, 0.2) is 0 Å². The first-order valence-corrected chi connectivity index (χ1v) is 7.11. The SMILES string of the molecule is CCCOC(OC(=O)C(C)C(=O)O)C1CCCCC1. The summed E-state index contributed by atoms with van der Waals surface area (Å²) in [5.74, 6) is -2.82. The van der Waals surface area contributed by atoms with Crippen LogP contribution < -0.4 is 0 Å². The molecule has 0 aliphatic heterocycles. The maximum absolute atomic E-state index is 11.7. The normalized spacial score (nSPS) is 19.7. The van der Waals surface area contributed by atoms with E-state index in [2.05, 4.69) is 0 Å². The van der Waals surface area contributed by atoms with Crippen molar-refractivity contribution in [3.8, 4) is 0 Å². The summed E-state index contributed by atoms with van der Waals surface area (Å²) in [4.78, 5) is 22.5. The van der Waals surface area contributed by atoms with Crippen LogP contribution in [0.3, 0.4) is 0 Å². The average Bonchev–Trinajstić information content (AvgIpc) is 2.43. The van der Waals surface area contributed by atoms with Gasteiger partial charge in [0.2, 0.25) is 6.29 Å². The smallest absolute Gasteiger partial charge is 0.322 e. The molecule has 0 amide bonds. The molecule has 5 heteroatoms. The topological polar surface area (TPSA) is 72.8 Å². The second-order valence-corrected chi connectivity index (χ2v) is 5.13. The molecule has 1 fully saturated rings. The average molecular weight is 272 g/mol. The van der Waals surface area contributed by atoms with Crippen molar-refractivity contribution in [2.24, 2.45) is 11.8 Å². The van der Waals surface area contributed by atoms with E-state index in [9.17, 15) is 9.59 Å². The molecule has 1 aliphatic carbocycles. The molecular formula is C14H24O5. The molecule has 0 spiro atoms. The largest absolute Gasteiger partial charge is 0.481 e. The molecule has 1 saturated carbocycles. The van der Waals surface area contributed by atoms with Gasteiger partial charge in [-0.3, -0.25) is 9.59 Å². The van der Waals surface area contributed by atoms with Crippen molar-refractivity contribution in [3.05, 3.63) is 0 Å². The Morgan fingerprint density at radius 2 is 1.89 bits per heavy atom. The lowest BCUT2D eigenvalue weighted by atomic mass is 9.89. The lowest BCUT2D eigenvalue weighted by Gasteiger charge is -2.30. The molecule has 0 saturated heterocycles. The summed E-state index contributed by atoms with van der Waals surface area (Å²) in [6.07, 6.45) is 5.64. The van der Waals surface area contributed by atoms with Gasteiger partial charge in [-0.1, -0.05) is 26.2 Å². The van der Waals surface area contributed by atoms with Gasteiger partial charge in [-0.05, 0) is 26.2 Å². The van der Waals surface area contributed by atoms with E-state index >= 15 is 0 Å². The lowest BCUT2D eigenvalue weighted by Crippen LogP contribution is -2.35. The zero-order chi connectivity index (χ0) is 14.3. The number of carboxylic acid groups (broad SMARTS) is 1. The second kappa shape index (κ2) is 8.15. The standard InChI is InChI=1S/C14H24O5/c1-3-9-18-14(11-7-5-4-6-8-11)19-13(17)10(2)12(15)16/h10-11,14H,3-9H2,1-2H3,(H,15,16). The first kappa shape index (κ1) is 16.0. The molecule has 1 aliphatic rings. The molecule has 0 bridgehead atoms. The number of aliphatic carboxylic acids is 1. The van der Waals surface area contributed by atoms with Crippen molar-refractivity contribution in [2.45, 2.75) is 58.7 Å². The molecule has 0 aromatic heterocycles. The van der Waals surface area contributed by atoms with Crippen LogP contribution in [0.25, 0.3) is 0 Å². The van der Waals surface area contributed by atoms with E-state index in [1.54, 1.807) is 0 Å². The van der Waals surface area contributed by atoms with E-state index in [1.807, 2.05) is 6.92 Å². The Morgan fingerprint density at radius 3 is 2.42 bits per heavy atom. The summed E-state index contributed by atoms with van der Waals surface area (Å²) in [5.41, 5.74) is 0. The Morgan fingerprint density at radius 1 is 1.26 bits per heavy atom. The van der Waals surface area contributed by atoms with Gasteiger partial charge < -0.3 is 14.6 Å². The van der Waals surface area contributed by atoms with Gasteiger partial charge in [-0.25, -0.2) is 0 Å². The fourth-order valence-corrected chi connectivity index (χ4v) is 2.22. The fraction of sp³-hybridized carbons (Fsp3) is 0.857. The Hall–Kier alpha value is -1.10. The maximum atomic E-state index is 11.7. The van der Waals surface area contributed by atoms with E-state index in [0.29, 0.717) is 6.61 Å². The van der Waals surface area contributed by atoms with Crippen LogP contribution >= 0.6 is 0 Å². The first-order valence-electron chi connectivity index (χ1n) is 7.11. The van der Waals surface area contributed by atoms with Crippen molar-refractivity contribution < 1.29 is 24.2 Å². The number of ether oxygens (including phenoxy) is 2. The molecular weight excluding hydrogens is 248 g/mol. The van der Waals surface area contributed by atoms with E-state index in [4.69, 9.17) is 14.6 Å². The minimum atomic E-state index is -1.16. The Labute approximate surface area is 114 Å². The van der Waals surface area contributed by atoms with Crippen molar-refractivity contribution in [2.75, 3.05) is 6.61 Å². The molecule has 1 N–H and O–H groups in total. The third kappa shape index (κ3) is 5.19. The molecule has 0 heterocycles. The van der Waals surface area contributed by atoms with E-state index in [1.165, 1.54) is 13.3 Å². The summed E-state index contributed by atoms with van der Waals surface area (Å²) in [5, 5.41) is 8.81. The molecule has 2 unspecified atom stereocenters. The number of carbonyl (C=O) groups is 2. The van der Waals surface area contributed by atoms with Gasteiger partial charge in [0.25, 0.3) is 0 Å². The maximum Gasteiger partial charge on any atom is 0.322 e. The van der Waals surface area contributed by atoms with Gasteiger partial charge >= 0.3 is 11.9 Å². The van der Waals surface area contributed by atoms with Crippen molar-refractivity contribution in [1.29, 1.82) is 0 Å². The van der Waals surface area contributed by atoms with Gasteiger partial charge in [0.15, 0.2) is 5.92 Å². The monoisotopic (exact) mass is 272 g/mol. The highest BCUT2D eigenvalue weighted by Crippen LogP contribution is 2.29. The number of hydrogen-bond donors (Lipinski definition) is 1. The third-order valence-electron chi connectivity index (χ3n) is 3.48. The predicted molar refractivity (Wildman–Crippen MR) is 69.5 cm³/mol. The number of esters is 1. The summed E-state index contributed by atoms with van der Waals surface area (Å²) >= 11 is 0. The first-order chi connectivity index (χ1) is 9.06. The highest BCUT2D eigenvalue weighted by atomic mass is 16.7. The molecule has 110 valence electrons. The fourth-order valence-electron chi connectivity index (χ4n) is 2.22. The van der Waals surface area contributed by atoms with Crippen LogP contribution in [0, 0.1) is 11.8 Å². The second-order valence-electron chi connectivity index (χ2n) is 5.13. The van der Waals surface area contributed by atoms with Crippen molar-refractivity contribution in [1.82, 2.24) is 0 Å². The van der Waals surface area contributed by atoms with Crippen molar-refractivity contribution in [3.63, 3.8) is 0 Å². The molecule has 0 radical (unpaired) electrons. The quantitative estimate of drug-likeness (QED) is 0.438. The molecule has 0 aromatic carbocycles. The third-order valence-corrected chi connectivity index (χ3v) is 3.48. The van der Waals surface area contributed by atoms with Gasteiger partial charge in [-0.2, -0.15) is 0 Å². The van der Waals surface area contributed by atoms with Crippen LogP contribution in [0.5, 0.6) is 0 Å². The zero-order valence-electron chi connectivity index (χ0n) is 11.8. The van der Waals surface area contributed by atoms with Gasteiger partial charge in [0, 0.05) is 5.92 Å². The summed E-state index contributed by atoms with van der Waals surface area (Å²) in [7, 11) is 0.